The van der Waals surface area contributed by atoms with Crippen molar-refractivity contribution in [1.82, 2.24) is 14.5 Å². The average Bonchev–Trinajstić information content (AvgIpc) is 3.88. The minimum Gasteiger partial charge on any atom is -0.455 e. The number of hydrogen-bond acceptors (Lipinski definition) is 4. The molecular formula is C46H27N3OS. The quantitative estimate of drug-likeness (QED) is 0.187. The van der Waals surface area contributed by atoms with Crippen molar-refractivity contribution in [3.05, 3.63) is 164 Å². The first kappa shape index (κ1) is 28.3. The molecule has 0 fully saturated rings. The largest absolute Gasteiger partial charge is 0.455 e. The van der Waals surface area contributed by atoms with Gasteiger partial charge in [-0.3, -0.25) is 0 Å². The highest BCUT2D eigenvalue weighted by Gasteiger charge is 2.25. The summed E-state index contributed by atoms with van der Waals surface area (Å²) in [4.78, 5) is 10.2. The summed E-state index contributed by atoms with van der Waals surface area (Å²) in [5.41, 5.74) is 10.1. The normalized spacial score (nSPS) is 11.9. The van der Waals surface area contributed by atoms with Crippen molar-refractivity contribution in [1.29, 1.82) is 0 Å². The molecule has 11 aromatic rings. The Labute approximate surface area is 296 Å². The monoisotopic (exact) mass is 669 g/mol. The van der Waals surface area contributed by atoms with Crippen LogP contribution in [0.25, 0.3) is 104 Å². The number of fused-ring (bicyclic) bond motifs is 12. The van der Waals surface area contributed by atoms with Crippen molar-refractivity contribution in [2.75, 3.05) is 0 Å². The Morgan fingerprint density at radius 1 is 0.490 bits per heavy atom. The summed E-state index contributed by atoms with van der Waals surface area (Å²) in [5.74, 6) is 0.694. The molecule has 4 heterocycles. The Kier molecular flexibility index (Phi) is 6.09. The highest BCUT2D eigenvalue weighted by atomic mass is 32.1. The smallest absolute Gasteiger partial charge is 0.160 e. The fourth-order valence-corrected chi connectivity index (χ4v) is 8.99. The van der Waals surface area contributed by atoms with Gasteiger partial charge < -0.3 is 8.98 Å². The van der Waals surface area contributed by atoms with E-state index in [2.05, 4.69) is 132 Å². The van der Waals surface area contributed by atoms with E-state index in [1.165, 1.54) is 30.9 Å². The third-order valence-electron chi connectivity index (χ3n) is 10.0. The molecule has 0 saturated carbocycles. The molecule has 0 saturated heterocycles. The van der Waals surface area contributed by atoms with Gasteiger partial charge in [0, 0.05) is 58.7 Å². The molecule has 5 heteroatoms. The lowest BCUT2D eigenvalue weighted by atomic mass is 10.0. The molecule has 4 nitrogen and oxygen atoms in total. The molecular weight excluding hydrogens is 643 g/mol. The van der Waals surface area contributed by atoms with Gasteiger partial charge in [0.2, 0.25) is 0 Å². The van der Waals surface area contributed by atoms with Gasteiger partial charge in [0.1, 0.15) is 11.2 Å². The van der Waals surface area contributed by atoms with Gasteiger partial charge in [0.25, 0.3) is 0 Å². The Hall–Kier alpha value is -6.56. The molecule has 51 heavy (non-hydrogen) atoms. The number of benzene rings is 7. The van der Waals surface area contributed by atoms with Crippen LogP contribution < -0.4 is 0 Å². The highest BCUT2D eigenvalue weighted by Crippen LogP contribution is 2.50. The van der Waals surface area contributed by atoms with Crippen LogP contribution in [0.15, 0.2) is 168 Å². The lowest BCUT2D eigenvalue weighted by Gasteiger charge is -2.12. The number of aromatic nitrogens is 3. The zero-order chi connectivity index (χ0) is 33.5. The van der Waals surface area contributed by atoms with Crippen LogP contribution in [0.4, 0.5) is 0 Å². The molecule has 0 aliphatic heterocycles. The second kappa shape index (κ2) is 11.0. The van der Waals surface area contributed by atoms with Gasteiger partial charge in [-0.05, 0) is 48.5 Å². The number of para-hydroxylation sites is 2. The van der Waals surface area contributed by atoms with Crippen molar-refractivity contribution in [2.24, 2.45) is 0 Å². The SMILES string of the molecule is c1ccc(-c2cc(-c3ccccc3)nc(-c3ccc(-n4c5ccccc5c5c6sc7ccccc7c6c6oc7ccccc7c6c54)cc3)n2)cc1. The van der Waals surface area contributed by atoms with Crippen molar-refractivity contribution in [3.8, 4) is 39.6 Å². The lowest BCUT2D eigenvalue weighted by Crippen LogP contribution is -1.97. The molecule has 0 amide bonds. The fraction of sp³-hybridized carbons (Fsp3) is 0. The van der Waals surface area contributed by atoms with E-state index in [9.17, 15) is 0 Å². The van der Waals surface area contributed by atoms with E-state index in [1.54, 1.807) is 0 Å². The summed E-state index contributed by atoms with van der Waals surface area (Å²) in [5, 5.41) is 7.18. The maximum Gasteiger partial charge on any atom is 0.160 e. The van der Waals surface area contributed by atoms with E-state index in [1.807, 2.05) is 47.7 Å². The Morgan fingerprint density at radius 3 is 1.82 bits per heavy atom. The molecule has 0 aliphatic rings. The van der Waals surface area contributed by atoms with Crippen molar-refractivity contribution >= 4 is 75.3 Å². The summed E-state index contributed by atoms with van der Waals surface area (Å²) in [6.07, 6.45) is 0. The first-order valence-electron chi connectivity index (χ1n) is 17.1. The molecule has 7 aromatic carbocycles. The van der Waals surface area contributed by atoms with Crippen molar-refractivity contribution in [2.45, 2.75) is 0 Å². The number of rotatable bonds is 4. The zero-order valence-corrected chi connectivity index (χ0v) is 28.1. The molecule has 0 N–H and O–H groups in total. The predicted molar refractivity (Wildman–Crippen MR) is 213 cm³/mol. The average molecular weight is 670 g/mol. The third kappa shape index (κ3) is 4.25. The summed E-state index contributed by atoms with van der Waals surface area (Å²) in [7, 11) is 0. The van der Waals surface area contributed by atoms with Crippen LogP contribution in [0.3, 0.4) is 0 Å². The second-order valence-corrected chi connectivity index (χ2v) is 14.0. The Balaban J connectivity index is 1.18. The first-order valence-corrected chi connectivity index (χ1v) is 17.9. The lowest BCUT2D eigenvalue weighted by molar-refractivity contribution is 0.673. The zero-order valence-electron chi connectivity index (χ0n) is 27.2. The second-order valence-electron chi connectivity index (χ2n) is 12.9. The minimum absolute atomic E-state index is 0.694. The van der Waals surface area contributed by atoms with Gasteiger partial charge in [-0.15, -0.1) is 11.3 Å². The van der Waals surface area contributed by atoms with E-state index in [0.717, 1.165) is 66.7 Å². The van der Waals surface area contributed by atoms with Crippen LogP contribution in [0.1, 0.15) is 0 Å². The Morgan fingerprint density at radius 2 is 1.10 bits per heavy atom. The molecule has 0 bridgehead atoms. The van der Waals surface area contributed by atoms with E-state index >= 15 is 0 Å². The maximum absolute atomic E-state index is 6.78. The number of nitrogens with zero attached hydrogens (tertiary/aromatic N) is 3. The van der Waals surface area contributed by atoms with Crippen LogP contribution in [-0.2, 0) is 0 Å². The van der Waals surface area contributed by atoms with Gasteiger partial charge >= 0.3 is 0 Å². The van der Waals surface area contributed by atoms with Crippen LogP contribution in [0.5, 0.6) is 0 Å². The van der Waals surface area contributed by atoms with Crippen LogP contribution in [0, 0.1) is 0 Å². The third-order valence-corrected chi connectivity index (χ3v) is 11.2. The molecule has 238 valence electrons. The maximum atomic E-state index is 6.78. The minimum atomic E-state index is 0.694. The Bertz CT molecular complexity index is 3030. The summed E-state index contributed by atoms with van der Waals surface area (Å²) >= 11 is 1.85. The summed E-state index contributed by atoms with van der Waals surface area (Å²) < 4.78 is 11.7. The molecule has 0 radical (unpaired) electrons. The van der Waals surface area contributed by atoms with E-state index in [0.29, 0.717) is 5.82 Å². The topological polar surface area (TPSA) is 43.9 Å². The van der Waals surface area contributed by atoms with Gasteiger partial charge in [0.15, 0.2) is 5.82 Å². The standard InChI is InChI=1S/C46H27N3OS/c1-3-13-28(14-4-1)35-27-36(29-15-5-2-6-16-29)48-46(47-35)30-23-25-31(26-24-30)49-37-20-10-7-17-32(37)41-43(49)40-33-18-8-11-21-38(33)50-44(40)42-34-19-9-12-22-39(34)51-45(41)42/h1-27H. The first-order chi connectivity index (χ1) is 25.3. The van der Waals surface area contributed by atoms with E-state index in [-0.39, 0.29) is 0 Å². The van der Waals surface area contributed by atoms with Gasteiger partial charge in [-0.25, -0.2) is 9.97 Å². The van der Waals surface area contributed by atoms with Crippen LogP contribution >= 0.6 is 11.3 Å². The highest BCUT2D eigenvalue weighted by molar-refractivity contribution is 7.27. The van der Waals surface area contributed by atoms with Crippen LogP contribution in [0.2, 0.25) is 0 Å². The molecule has 0 spiro atoms. The molecule has 11 rings (SSSR count). The van der Waals surface area contributed by atoms with Gasteiger partial charge in [0.05, 0.1) is 27.8 Å². The molecule has 4 aromatic heterocycles. The number of thiophene rings is 1. The van der Waals surface area contributed by atoms with Crippen molar-refractivity contribution < 1.29 is 4.42 Å². The van der Waals surface area contributed by atoms with E-state index in [4.69, 9.17) is 14.4 Å². The van der Waals surface area contributed by atoms with Crippen LogP contribution in [-0.4, -0.2) is 14.5 Å². The molecule has 0 aliphatic carbocycles. The summed E-state index contributed by atoms with van der Waals surface area (Å²) in [6, 6.07) is 57.3. The molecule has 0 unspecified atom stereocenters. The fourth-order valence-electron chi connectivity index (χ4n) is 7.73. The van der Waals surface area contributed by atoms with Crippen molar-refractivity contribution in [3.63, 3.8) is 0 Å². The van der Waals surface area contributed by atoms with Gasteiger partial charge in [-0.1, -0.05) is 115 Å². The number of hydrogen-bond donors (Lipinski definition) is 0. The number of furan rings is 1. The molecule has 0 atom stereocenters. The summed E-state index contributed by atoms with van der Waals surface area (Å²) in [6.45, 7) is 0. The van der Waals surface area contributed by atoms with Gasteiger partial charge in [-0.2, -0.15) is 0 Å². The predicted octanol–water partition coefficient (Wildman–Crippen LogP) is 12.8. The van der Waals surface area contributed by atoms with E-state index < -0.39 is 0 Å².